The molecule has 0 bridgehead atoms. The molecule has 0 radical (unpaired) electrons. The molecule has 0 aromatic carbocycles. The summed E-state index contributed by atoms with van der Waals surface area (Å²) in [6, 6.07) is 0.0178. The van der Waals surface area contributed by atoms with Crippen LogP contribution in [0.15, 0.2) is 0 Å². The first kappa shape index (κ1) is 10.9. The number of hydrogen-bond donors (Lipinski definition) is 2. The van der Waals surface area contributed by atoms with Crippen LogP contribution in [0.1, 0.15) is 40.0 Å². The quantitative estimate of drug-likeness (QED) is 0.687. The molecule has 2 fully saturated rings. The lowest BCUT2D eigenvalue weighted by molar-refractivity contribution is -0.135. The summed E-state index contributed by atoms with van der Waals surface area (Å²) < 4.78 is 0. The van der Waals surface area contributed by atoms with Crippen LogP contribution in [-0.4, -0.2) is 23.2 Å². The van der Waals surface area contributed by atoms with E-state index in [2.05, 4.69) is 5.32 Å². The first-order chi connectivity index (χ1) is 6.91. The van der Waals surface area contributed by atoms with Gasteiger partial charge in [-0.25, -0.2) is 0 Å². The zero-order valence-electron chi connectivity index (χ0n) is 9.79. The van der Waals surface area contributed by atoms with Crippen molar-refractivity contribution in [3.8, 4) is 0 Å². The van der Waals surface area contributed by atoms with Crippen molar-refractivity contribution in [1.82, 2.24) is 5.32 Å². The lowest BCUT2D eigenvalue weighted by atomic mass is 9.68. The van der Waals surface area contributed by atoms with Crippen LogP contribution in [-0.2, 0) is 4.79 Å². The van der Waals surface area contributed by atoms with Gasteiger partial charge in [0, 0.05) is 5.41 Å². The zero-order valence-corrected chi connectivity index (χ0v) is 9.79. The highest BCUT2D eigenvalue weighted by Gasteiger charge is 2.52. The predicted octanol–water partition coefficient (Wildman–Crippen LogP) is 1.31. The van der Waals surface area contributed by atoms with E-state index in [4.69, 9.17) is 0 Å². The van der Waals surface area contributed by atoms with E-state index in [1.807, 2.05) is 20.8 Å². The molecule has 0 aromatic rings. The van der Waals surface area contributed by atoms with Crippen molar-refractivity contribution in [2.75, 3.05) is 0 Å². The van der Waals surface area contributed by atoms with Crippen LogP contribution in [0.25, 0.3) is 0 Å². The van der Waals surface area contributed by atoms with Gasteiger partial charge >= 0.3 is 0 Å². The number of aliphatic hydroxyl groups excluding tert-OH is 1. The SMILES string of the molecule is CC(C)(C)C(=O)N[C@@H]1[C@H](O)[C@@H]2CCC[C@@H]21. The third-order valence-corrected chi connectivity index (χ3v) is 3.87. The Kier molecular flexibility index (Phi) is 2.53. The average molecular weight is 211 g/mol. The fourth-order valence-electron chi connectivity index (χ4n) is 2.82. The molecule has 2 N–H and O–H groups in total. The lowest BCUT2D eigenvalue weighted by Gasteiger charge is -2.46. The number of aliphatic hydroxyl groups is 1. The molecule has 2 saturated carbocycles. The zero-order chi connectivity index (χ0) is 11.2. The molecule has 0 aromatic heterocycles. The molecule has 2 rings (SSSR count). The maximum Gasteiger partial charge on any atom is 0.225 e. The Balaban J connectivity index is 1.94. The molecule has 0 heterocycles. The molecular formula is C12H21NO2. The van der Waals surface area contributed by atoms with Crippen LogP contribution < -0.4 is 5.32 Å². The fraction of sp³-hybridized carbons (Fsp3) is 0.917. The molecule has 3 nitrogen and oxygen atoms in total. The van der Waals surface area contributed by atoms with Crippen LogP contribution in [0.5, 0.6) is 0 Å². The molecule has 1 amide bonds. The monoisotopic (exact) mass is 211 g/mol. The van der Waals surface area contributed by atoms with Crippen LogP contribution in [0, 0.1) is 17.3 Å². The van der Waals surface area contributed by atoms with Crippen molar-refractivity contribution < 1.29 is 9.90 Å². The highest BCUT2D eigenvalue weighted by molar-refractivity contribution is 5.81. The number of fused-ring (bicyclic) bond motifs is 1. The second-order valence-electron chi connectivity index (χ2n) is 6.00. The Morgan fingerprint density at radius 1 is 1.27 bits per heavy atom. The van der Waals surface area contributed by atoms with Crippen molar-refractivity contribution >= 4 is 5.91 Å². The molecule has 0 unspecified atom stereocenters. The van der Waals surface area contributed by atoms with E-state index >= 15 is 0 Å². The molecular weight excluding hydrogens is 190 g/mol. The number of hydrogen-bond acceptors (Lipinski definition) is 2. The number of nitrogens with one attached hydrogen (secondary N) is 1. The third-order valence-electron chi connectivity index (χ3n) is 3.87. The van der Waals surface area contributed by atoms with E-state index in [0.717, 1.165) is 12.8 Å². The largest absolute Gasteiger partial charge is 0.391 e. The van der Waals surface area contributed by atoms with Gasteiger partial charge in [0.25, 0.3) is 0 Å². The van der Waals surface area contributed by atoms with Crippen molar-refractivity contribution in [3.63, 3.8) is 0 Å². The third kappa shape index (κ3) is 1.78. The highest BCUT2D eigenvalue weighted by atomic mass is 16.3. The fourth-order valence-corrected chi connectivity index (χ4v) is 2.82. The van der Waals surface area contributed by atoms with Crippen molar-refractivity contribution in [2.45, 2.75) is 52.2 Å². The summed E-state index contributed by atoms with van der Waals surface area (Å²) in [6.07, 6.45) is 3.20. The van der Waals surface area contributed by atoms with Crippen LogP contribution >= 0.6 is 0 Å². The minimum Gasteiger partial charge on any atom is -0.391 e. The second kappa shape index (κ2) is 3.48. The molecule has 15 heavy (non-hydrogen) atoms. The molecule has 2 aliphatic carbocycles. The van der Waals surface area contributed by atoms with Crippen LogP contribution in [0.3, 0.4) is 0 Å². The molecule has 86 valence electrons. The number of carbonyl (C=O) groups is 1. The van der Waals surface area contributed by atoms with E-state index in [1.54, 1.807) is 0 Å². The van der Waals surface area contributed by atoms with Crippen LogP contribution in [0.2, 0.25) is 0 Å². The van der Waals surface area contributed by atoms with Gasteiger partial charge in [0.15, 0.2) is 0 Å². The second-order valence-corrected chi connectivity index (χ2v) is 6.00. The predicted molar refractivity (Wildman–Crippen MR) is 58.2 cm³/mol. The number of rotatable bonds is 1. The van der Waals surface area contributed by atoms with E-state index < -0.39 is 0 Å². The van der Waals surface area contributed by atoms with Crippen molar-refractivity contribution in [2.24, 2.45) is 17.3 Å². The summed E-state index contributed by atoms with van der Waals surface area (Å²) in [5, 5.41) is 12.9. The normalized spacial score (nSPS) is 39.5. The van der Waals surface area contributed by atoms with Gasteiger partial charge in [0.05, 0.1) is 12.1 Å². The molecule has 3 heteroatoms. The first-order valence-corrected chi connectivity index (χ1v) is 5.90. The van der Waals surface area contributed by atoms with Crippen LogP contribution in [0.4, 0.5) is 0 Å². The Labute approximate surface area is 91.2 Å². The average Bonchev–Trinajstić information content (AvgIpc) is 2.56. The molecule has 2 aliphatic rings. The van der Waals surface area contributed by atoms with Crippen molar-refractivity contribution in [3.05, 3.63) is 0 Å². The molecule has 0 aliphatic heterocycles. The first-order valence-electron chi connectivity index (χ1n) is 5.90. The summed E-state index contributed by atoms with van der Waals surface area (Å²) in [7, 11) is 0. The Morgan fingerprint density at radius 3 is 2.47 bits per heavy atom. The molecule has 4 atom stereocenters. The van der Waals surface area contributed by atoms with Gasteiger partial charge < -0.3 is 10.4 Å². The van der Waals surface area contributed by atoms with E-state index in [9.17, 15) is 9.90 Å². The summed E-state index contributed by atoms with van der Waals surface area (Å²) >= 11 is 0. The maximum absolute atomic E-state index is 11.8. The van der Waals surface area contributed by atoms with Gasteiger partial charge in [-0.3, -0.25) is 4.79 Å². The van der Waals surface area contributed by atoms with Gasteiger partial charge in [-0.15, -0.1) is 0 Å². The molecule has 0 saturated heterocycles. The summed E-state index contributed by atoms with van der Waals surface area (Å²) in [4.78, 5) is 11.8. The number of amides is 1. The number of carbonyl (C=O) groups excluding carboxylic acids is 1. The van der Waals surface area contributed by atoms with Gasteiger partial charge in [0.2, 0.25) is 5.91 Å². The summed E-state index contributed by atoms with van der Waals surface area (Å²) in [5.41, 5.74) is -0.358. The maximum atomic E-state index is 11.8. The minimum absolute atomic E-state index is 0.0178. The minimum atomic E-state index is -0.358. The summed E-state index contributed by atoms with van der Waals surface area (Å²) in [6.45, 7) is 5.71. The van der Waals surface area contributed by atoms with Gasteiger partial charge in [-0.05, 0) is 24.7 Å². The standard InChI is InChI=1S/C12H21NO2/c1-12(2,3)11(15)13-9-7-5-4-6-8(7)10(9)14/h7-10,14H,4-6H2,1-3H3,(H,13,15)/t7-,8+,9-,10+/m0/s1. The van der Waals surface area contributed by atoms with E-state index in [1.165, 1.54) is 6.42 Å². The Hall–Kier alpha value is -0.570. The van der Waals surface area contributed by atoms with Crippen molar-refractivity contribution in [1.29, 1.82) is 0 Å². The van der Waals surface area contributed by atoms with Gasteiger partial charge in [0.1, 0.15) is 0 Å². The van der Waals surface area contributed by atoms with Gasteiger partial charge in [-0.1, -0.05) is 27.2 Å². The smallest absolute Gasteiger partial charge is 0.225 e. The van der Waals surface area contributed by atoms with E-state index in [0.29, 0.717) is 11.8 Å². The summed E-state index contributed by atoms with van der Waals surface area (Å²) in [5.74, 6) is 1.04. The topological polar surface area (TPSA) is 49.3 Å². The molecule has 0 spiro atoms. The highest BCUT2D eigenvalue weighted by Crippen LogP contribution is 2.47. The van der Waals surface area contributed by atoms with E-state index in [-0.39, 0.29) is 23.5 Å². The Bertz CT molecular complexity index is 269. The van der Waals surface area contributed by atoms with Gasteiger partial charge in [-0.2, -0.15) is 0 Å². The Morgan fingerprint density at radius 2 is 1.87 bits per heavy atom. The lowest BCUT2D eigenvalue weighted by Crippen LogP contribution is -2.62.